The van der Waals surface area contributed by atoms with Crippen molar-refractivity contribution >= 4 is 11.6 Å². The Bertz CT molecular complexity index is 888. The molecule has 1 aromatic carbocycles. The predicted octanol–water partition coefficient (Wildman–Crippen LogP) is 0.601. The molecule has 1 fully saturated rings. The van der Waals surface area contributed by atoms with Crippen LogP contribution in [0.25, 0.3) is 0 Å². The van der Waals surface area contributed by atoms with E-state index < -0.39 is 11.2 Å². The van der Waals surface area contributed by atoms with Gasteiger partial charge in [-0.2, -0.15) is 0 Å². The Hall–Kier alpha value is -2.83. The van der Waals surface area contributed by atoms with Crippen LogP contribution in [0.2, 0.25) is 0 Å². The molecule has 26 heavy (non-hydrogen) atoms. The number of hydrogen-bond acceptors (Lipinski definition) is 4. The Balaban J connectivity index is 1.58. The summed E-state index contributed by atoms with van der Waals surface area (Å²) >= 11 is 0. The Kier molecular flexibility index (Phi) is 5.25. The predicted molar refractivity (Wildman–Crippen MR) is 100 cm³/mol. The number of aromatic nitrogens is 2. The van der Waals surface area contributed by atoms with Gasteiger partial charge in [0.2, 0.25) is 5.91 Å². The summed E-state index contributed by atoms with van der Waals surface area (Å²) in [6, 6.07) is 10.3. The van der Waals surface area contributed by atoms with Gasteiger partial charge in [0.1, 0.15) is 0 Å². The molecule has 1 N–H and O–H groups in total. The molecule has 0 aliphatic carbocycles. The average Bonchev–Trinajstić information content (AvgIpc) is 3.11. The Morgan fingerprint density at radius 2 is 2.00 bits per heavy atom. The first-order valence-corrected chi connectivity index (χ1v) is 8.77. The zero-order chi connectivity index (χ0) is 18.7. The summed E-state index contributed by atoms with van der Waals surface area (Å²) < 4.78 is 0.983. The van der Waals surface area contributed by atoms with E-state index in [4.69, 9.17) is 0 Å². The number of hydrogen-bond donors (Lipinski definition) is 1. The number of H-pyrrole nitrogens is 1. The zero-order valence-corrected chi connectivity index (χ0v) is 15.1. The molecule has 7 nitrogen and oxygen atoms in total. The summed E-state index contributed by atoms with van der Waals surface area (Å²) in [6.07, 6.45) is 2.37. The second kappa shape index (κ2) is 7.59. The number of rotatable bonds is 5. The van der Waals surface area contributed by atoms with Crippen LogP contribution in [0, 0.1) is 5.92 Å². The number of amides is 1. The Morgan fingerprint density at radius 1 is 1.27 bits per heavy atom. The number of likely N-dealkylation sites (N-methyl/N-ethyl adjacent to an activating group) is 1. The summed E-state index contributed by atoms with van der Waals surface area (Å²) in [7, 11) is 3.17. The van der Waals surface area contributed by atoms with Crippen LogP contribution in [0.3, 0.4) is 0 Å². The lowest BCUT2D eigenvalue weighted by Gasteiger charge is -2.22. The van der Waals surface area contributed by atoms with Gasteiger partial charge in [0.15, 0.2) is 0 Å². The van der Waals surface area contributed by atoms with Crippen molar-refractivity contribution in [2.45, 2.75) is 12.8 Å². The SMILES string of the molecule is CN(C[C@H]1CCN(c2ccccc2)C1)C(=O)Cc1c[nH]c(=O)n(C)c1=O. The van der Waals surface area contributed by atoms with Crippen molar-refractivity contribution < 1.29 is 4.79 Å². The molecule has 1 aliphatic rings. The minimum atomic E-state index is -0.480. The number of aromatic amines is 1. The maximum absolute atomic E-state index is 12.5. The molecular weight excluding hydrogens is 332 g/mol. The van der Waals surface area contributed by atoms with Crippen molar-refractivity contribution in [2.24, 2.45) is 13.0 Å². The van der Waals surface area contributed by atoms with Crippen LogP contribution in [-0.2, 0) is 18.3 Å². The van der Waals surface area contributed by atoms with Crippen LogP contribution < -0.4 is 16.1 Å². The number of nitrogens with zero attached hydrogens (tertiary/aromatic N) is 3. The van der Waals surface area contributed by atoms with E-state index in [2.05, 4.69) is 22.0 Å². The second-order valence-electron chi connectivity index (χ2n) is 6.87. The lowest BCUT2D eigenvalue weighted by Crippen LogP contribution is -2.38. The van der Waals surface area contributed by atoms with Crippen molar-refractivity contribution in [3.63, 3.8) is 0 Å². The highest BCUT2D eigenvalue weighted by atomic mass is 16.2. The maximum Gasteiger partial charge on any atom is 0.328 e. The first kappa shape index (κ1) is 18.0. The minimum absolute atomic E-state index is 0.00489. The molecule has 1 aromatic heterocycles. The Labute approximate surface area is 151 Å². The van der Waals surface area contributed by atoms with E-state index in [0.29, 0.717) is 18.0 Å². The van der Waals surface area contributed by atoms with Crippen LogP contribution >= 0.6 is 0 Å². The van der Waals surface area contributed by atoms with Crippen LogP contribution in [0.5, 0.6) is 0 Å². The van der Waals surface area contributed by atoms with Crippen LogP contribution in [0.1, 0.15) is 12.0 Å². The molecule has 3 rings (SSSR count). The first-order valence-electron chi connectivity index (χ1n) is 8.77. The smallest absolute Gasteiger partial charge is 0.328 e. The molecule has 0 spiro atoms. The minimum Gasteiger partial charge on any atom is -0.371 e. The third kappa shape index (κ3) is 3.87. The number of carbonyl (C=O) groups excluding carboxylic acids is 1. The van der Waals surface area contributed by atoms with E-state index in [-0.39, 0.29) is 12.3 Å². The number of benzene rings is 1. The number of para-hydroxylation sites is 1. The monoisotopic (exact) mass is 356 g/mol. The van der Waals surface area contributed by atoms with Gasteiger partial charge in [-0.1, -0.05) is 18.2 Å². The molecule has 1 amide bonds. The van der Waals surface area contributed by atoms with Gasteiger partial charge in [0.05, 0.1) is 6.42 Å². The van der Waals surface area contributed by atoms with Crippen molar-refractivity contribution in [3.8, 4) is 0 Å². The van der Waals surface area contributed by atoms with E-state index in [0.717, 1.165) is 24.1 Å². The quantitative estimate of drug-likeness (QED) is 0.851. The molecule has 1 atom stereocenters. The van der Waals surface area contributed by atoms with Gasteiger partial charge in [0, 0.05) is 51.2 Å². The van der Waals surface area contributed by atoms with Gasteiger partial charge in [-0.25, -0.2) is 4.79 Å². The van der Waals surface area contributed by atoms with Crippen molar-refractivity contribution in [1.29, 1.82) is 0 Å². The van der Waals surface area contributed by atoms with Gasteiger partial charge in [-0.15, -0.1) is 0 Å². The van der Waals surface area contributed by atoms with Gasteiger partial charge in [-0.05, 0) is 24.5 Å². The van der Waals surface area contributed by atoms with E-state index >= 15 is 0 Å². The molecule has 0 saturated carbocycles. The van der Waals surface area contributed by atoms with Gasteiger partial charge >= 0.3 is 5.69 Å². The summed E-state index contributed by atoms with van der Waals surface area (Å²) in [5.74, 6) is 0.287. The van der Waals surface area contributed by atoms with Gasteiger partial charge < -0.3 is 14.8 Å². The van der Waals surface area contributed by atoms with Crippen LogP contribution in [0.15, 0.2) is 46.1 Å². The number of nitrogens with one attached hydrogen (secondary N) is 1. The van der Waals surface area contributed by atoms with Gasteiger partial charge in [0.25, 0.3) is 5.56 Å². The molecule has 7 heteroatoms. The van der Waals surface area contributed by atoms with Crippen LogP contribution in [0.4, 0.5) is 5.69 Å². The van der Waals surface area contributed by atoms with E-state index in [1.807, 2.05) is 18.2 Å². The second-order valence-corrected chi connectivity index (χ2v) is 6.87. The number of carbonyl (C=O) groups is 1. The van der Waals surface area contributed by atoms with Crippen molar-refractivity contribution in [1.82, 2.24) is 14.5 Å². The first-order chi connectivity index (χ1) is 12.5. The van der Waals surface area contributed by atoms with Crippen LogP contribution in [-0.4, -0.2) is 47.0 Å². The largest absolute Gasteiger partial charge is 0.371 e. The summed E-state index contributed by atoms with van der Waals surface area (Å²) in [5.41, 5.74) is 0.611. The number of anilines is 1. The van der Waals surface area contributed by atoms with Crippen molar-refractivity contribution in [2.75, 3.05) is 31.6 Å². The topological polar surface area (TPSA) is 78.4 Å². The third-order valence-corrected chi connectivity index (χ3v) is 4.96. The molecule has 0 radical (unpaired) electrons. The molecule has 138 valence electrons. The highest BCUT2D eigenvalue weighted by Crippen LogP contribution is 2.23. The van der Waals surface area contributed by atoms with E-state index in [9.17, 15) is 14.4 Å². The molecular formula is C19H24N4O3. The normalized spacial score (nSPS) is 16.7. The maximum atomic E-state index is 12.5. The lowest BCUT2D eigenvalue weighted by molar-refractivity contribution is -0.129. The molecule has 1 aliphatic heterocycles. The van der Waals surface area contributed by atoms with E-state index in [1.54, 1.807) is 11.9 Å². The van der Waals surface area contributed by atoms with Crippen molar-refractivity contribution in [3.05, 3.63) is 62.9 Å². The zero-order valence-electron chi connectivity index (χ0n) is 15.1. The molecule has 2 aromatic rings. The molecule has 0 bridgehead atoms. The fourth-order valence-corrected chi connectivity index (χ4v) is 3.38. The molecule has 0 unspecified atom stereocenters. The third-order valence-electron chi connectivity index (χ3n) is 4.96. The fourth-order valence-electron chi connectivity index (χ4n) is 3.38. The van der Waals surface area contributed by atoms with E-state index in [1.165, 1.54) is 18.9 Å². The summed E-state index contributed by atoms with van der Waals surface area (Å²) in [6.45, 7) is 2.56. The molecule has 1 saturated heterocycles. The molecule has 2 heterocycles. The average molecular weight is 356 g/mol. The summed E-state index contributed by atoms with van der Waals surface area (Å²) in [4.78, 5) is 42.4. The highest BCUT2D eigenvalue weighted by molar-refractivity contribution is 5.78. The summed E-state index contributed by atoms with van der Waals surface area (Å²) in [5, 5.41) is 0. The standard InChI is InChI=1S/C19H24N4O3/c1-21(17(24)10-15-11-20-19(26)22(2)18(15)25)12-14-8-9-23(13-14)16-6-4-3-5-7-16/h3-7,11,14H,8-10,12-13H2,1-2H3,(H,20,26)/t14-/m1/s1. The lowest BCUT2D eigenvalue weighted by atomic mass is 10.1. The van der Waals surface area contributed by atoms with Gasteiger partial charge in [-0.3, -0.25) is 14.2 Å². The Morgan fingerprint density at radius 3 is 2.73 bits per heavy atom. The fraction of sp³-hybridized carbons (Fsp3) is 0.421. The highest BCUT2D eigenvalue weighted by Gasteiger charge is 2.25.